The molecule has 28 heavy (non-hydrogen) atoms. The van der Waals surface area contributed by atoms with Crippen LogP contribution in [-0.4, -0.2) is 41.9 Å². The Hall–Kier alpha value is -3.03. The topological polar surface area (TPSA) is 87.5 Å². The summed E-state index contributed by atoms with van der Waals surface area (Å²) >= 11 is 0. The van der Waals surface area contributed by atoms with Crippen molar-refractivity contribution < 1.29 is 19.0 Å². The van der Waals surface area contributed by atoms with Crippen LogP contribution in [0.5, 0.6) is 17.2 Å². The molecule has 148 valence electrons. The van der Waals surface area contributed by atoms with Crippen molar-refractivity contribution in [1.29, 1.82) is 0 Å². The maximum absolute atomic E-state index is 13.0. The zero-order valence-corrected chi connectivity index (χ0v) is 16.7. The Bertz CT molecular complexity index is 954. The van der Waals surface area contributed by atoms with Gasteiger partial charge >= 0.3 is 0 Å². The fraction of sp³-hybridized carbons (Fsp3) is 0.450. The summed E-state index contributed by atoms with van der Waals surface area (Å²) < 4.78 is 18.2. The van der Waals surface area contributed by atoms with E-state index in [4.69, 9.17) is 14.2 Å². The number of methoxy groups -OCH3 is 3. The van der Waals surface area contributed by atoms with Gasteiger partial charge in [-0.25, -0.2) is 4.68 Å². The third kappa shape index (κ3) is 2.80. The second-order valence-electron chi connectivity index (χ2n) is 7.24. The number of nitrogens with one attached hydrogen (secondary N) is 1. The van der Waals surface area contributed by atoms with Crippen molar-refractivity contribution in [2.24, 2.45) is 5.92 Å². The van der Waals surface area contributed by atoms with E-state index in [1.54, 1.807) is 26.0 Å². The number of nitrogens with zero attached hydrogens (tertiary/aromatic N) is 3. The second-order valence-corrected chi connectivity index (χ2v) is 7.24. The van der Waals surface area contributed by atoms with Gasteiger partial charge in [-0.3, -0.25) is 4.79 Å². The van der Waals surface area contributed by atoms with Crippen molar-refractivity contribution >= 4 is 11.7 Å². The Morgan fingerprint density at radius 3 is 2.39 bits per heavy atom. The molecule has 2 aliphatic rings. The summed E-state index contributed by atoms with van der Waals surface area (Å²) in [6, 6.07) is 3.34. The molecule has 1 aliphatic carbocycles. The average molecular weight is 384 g/mol. The lowest BCUT2D eigenvalue weighted by atomic mass is 9.81. The summed E-state index contributed by atoms with van der Waals surface area (Å²) in [6.45, 7) is 3.92. The van der Waals surface area contributed by atoms with Crippen LogP contribution < -0.4 is 19.5 Å². The predicted molar refractivity (Wildman–Crippen MR) is 103 cm³/mol. The lowest BCUT2D eigenvalue weighted by Crippen LogP contribution is -2.33. The van der Waals surface area contributed by atoms with Crippen LogP contribution in [0.3, 0.4) is 0 Å². The summed E-state index contributed by atoms with van der Waals surface area (Å²) in [5.41, 5.74) is 2.48. The average Bonchev–Trinajstić information content (AvgIpc) is 3.04. The number of benzene rings is 1. The maximum atomic E-state index is 13.0. The molecule has 2 atom stereocenters. The highest BCUT2D eigenvalue weighted by atomic mass is 16.5. The molecule has 2 aromatic rings. The van der Waals surface area contributed by atoms with Crippen molar-refractivity contribution in [3.8, 4) is 17.2 Å². The SMILES string of the molecule is COc1cc([C@@H]2C3=C(C[C@H](C)CC3=O)Nc3nc(C)nn32)cc(OC)c1OC. The first-order chi connectivity index (χ1) is 13.5. The standard InChI is InChI=1S/C20H24N4O4/c1-10-6-13-17(14(25)7-10)18(24-20(22-13)21-11(2)23-24)12-8-15(26-3)19(28-5)16(9-12)27-4/h8-10,18H,6-7H2,1-5H3,(H,21,22,23)/t10-,18+/m0/s1. The number of ketones is 1. The highest BCUT2D eigenvalue weighted by molar-refractivity contribution is 5.99. The summed E-state index contributed by atoms with van der Waals surface area (Å²) in [6.07, 6.45) is 1.32. The monoisotopic (exact) mass is 384 g/mol. The number of rotatable bonds is 4. The van der Waals surface area contributed by atoms with Crippen LogP contribution in [0.25, 0.3) is 0 Å². The van der Waals surface area contributed by atoms with Crippen LogP contribution in [-0.2, 0) is 4.79 Å². The van der Waals surface area contributed by atoms with E-state index in [9.17, 15) is 4.79 Å². The van der Waals surface area contributed by atoms with Crippen molar-refractivity contribution in [1.82, 2.24) is 14.8 Å². The summed E-state index contributed by atoms with van der Waals surface area (Å²) in [4.78, 5) is 17.5. The zero-order valence-electron chi connectivity index (χ0n) is 16.7. The number of aryl methyl sites for hydroxylation is 1. The molecular formula is C20H24N4O4. The van der Waals surface area contributed by atoms with Crippen molar-refractivity contribution in [2.75, 3.05) is 26.6 Å². The molecule has 0 bridgehead atoms. The van der Waals surface area contributed by atoms with Gasteiger partial charge in [0.1, 0.15) is 11.9 Å². The maximum Gasteiger partial charge on any atom is 0.226 e. The first-order valence-electron chi connectivity index (χ1n) is 9.23. The number of anilines is 1. The molecule has 0 amide bonds. The Labute approximate surface area is 163 Å². The van der Waals surface area contributed by atoms with Gasteiger partial charge in [0.2, 0.25) is 11.7 Å². The number of aromatic nitrogens is 3. The number of Topliss-reactive ketones (excluding diaryl/α,β-unsaturated/α-hetero) is 1. The molecule has 8 heteroatoms. The molecule has 1 aromatic carbocycles. The van der Waals surface area contributed by atoms with E-state index in [1.807, 2.05) is 19.1 Å². The molecule has 0 radical (unpaired) electrons. The molecule has 1 aliphatic heterocycles. The van der Waals surface area contributed by atoms with Gasteiger partial charge in [0.15, 0.2) is 17.3 Å². The second kappa shape index (κ2) is 6.85. The smallest absolute Gasteiger partial charge is 0.226 e. The molecule has 0 saturated heterocycles. The molecule has 0 fully saturated rings. The van der Waals surface area contributed by atoms with Gasteiger partial charge in [-0.15, -0.1) is 0 Å². The van der Waals surface area contributed by atoms with E-state index >= 15 is 0 Å². The van der Waals surface area contributed by atoms with Crippen LogP contribution in [0.2, 0.25) is 0 Å². The lowest BCUT2D eigenvalue weighted by Gasteiger charge is -2.34. The van der Waals surface area contributed by atoms with Gasteiger partial charge in [-0.1, -0.05) is 6.92 Å². The zero-order chi connectivity index (χ0) is 20.0. The number of fused-ring (bicyclic) bond motifs is 1. The van der Waals surface area contributed by atoms with Crippen LogP contribution in [0.4, 0.5) is 5.95 Å². The molecule has 2 heterocycles. The number of allylic oxidation sites excluding steroid dienone is 2. The van der Waals surface area contributed by atoms with Gasteiger partial charge in [-0.2, -0.15) is 10.1 Å². The molecule has 1 aromatic heterocycles. The molecule has 4 rings (SSSR count). The van der Waals surface area contributed by atoms with E-state index in [2.05, 4.69) is 22.3 Å². The minimum Gasteiger partial charge on any atom is -0.493 e. The van der Waals surface area contributed by atoms with Gasteiger partial charge in [-0.05, 0) is 37.0 Å². The fourth-order valence-electron chi connectivity index (χ4n) is 4.08. The van der Waals surface area contributed by atoms with E-state index in [0.29, 0.717) is 35.4 Å². The van der Waals surface area contributed by atoms with Crippen LogP contribution in [0.1, 0.15) is 37.2 Å². The summed E-state index contributed by atoms with van der Waals surface area (Å²) in [7, 11) is 4.72. The lowest BCUT2D eigenvalue weighted by molar-refractivity contribution is -0.117. The molecule has 0 saturated carbocycles. The van der Waals surface area contributed by atoms with E-state index in [0.717, 1.165) is 23.3 Å². The highest BCUT2D eigenvalue weighted by Crippen LogP contribution is 2.46. The quantitative estimate of drug-likeness (QED) is 0.867. The van der Waals surface area contributed by atoms with Gasteiger partial charge in [0, 0.05) is 17.7 Å². The van der Waals surface area contributed by atoms with Crippen LogP contribution >= 0.6 is 0 Å². The molecule has 0 spiro atoms. The third-order valence-corrected chi connectivity index (χ3v) is 5.23. The van der Waals surface area contributed by atoms with E-state index < -0.39 is 6.04 Å². The van der Waals surface area contributed by atoms with Crippen molar-refractivity contribution in [3.63, 3.8) is 0 Å². The first kappa shape index (κ1) is 18.3. The van der Waals surface area contributed by atoms with E-state index in [1.165, 1.54) is 0 Å². The fourth-order valence-corrected chi connectivity index (χ4v) is 4.08. The Balaban J connectivity index is 1.95. The van der Waals surface area contributed by atoms with Gasteiger partial charge in [0.05, 0.1) is 21.3 Å². The minimum atomic E-state index is -0.402. The Kier molecular flexibility index (Phi) is 4.49. The number of carbonyl (C=O) groups excluding carboxylic acids is 1. The summed E-state index contributed by atoms with van der Waals surface area (Å²) in [5, 5.41) is 7.87. The largest absolute Gasteiger partial charge is 0.493 e. The minimum absolute atomic E-state index is 0.124. The third-order valence-electron chi connectivity index (χ3n) is 5.23. The van der Waals surface area contributed by atoms with E-state index in [-0.39, 0.29) is 11.7 Å². The number of ether oxygens (including phenoxy) is 3. The normalized spacial score (nSPS) is 21.0. The number of hydrogen-bond donors (Lipinski definition) is 1. The highest BCUT2D eigenvalue weighted by Gasteiger charge is 2.39. The Morgan fingerprint density at radius 1 is 1.11 bits per heavy atom. The van der Waals surface area contributed by atoms with Crippen molar-refractivity contribution in [3.05, 3.63) is 34.8 Å². The first-order valence-corrected chi connectivity index (χ1v) is 9.23. The van der Waals surface area contributed by atoms with Gasteiger partial charge < -0.3 is 19.5 Å². The van der Waals surface area contributed by atoms with Crippen molar-refractivity contribution in [2.45, 2.75) is 32.7 Å². The number of hydrogen-bond acceptors (Lipinski definition) is 7. The Morgan fingerprint density at radius 2 is 1.79 bits per heavy atom. The van der Waals surface area contributed by atoms with Crippen LogP contribution in [0.15, 0.2) is 23.4 Å². The molecular weight excluding hydrogens is 360 g/mol. The van der Waals surface area contributed by atoms with Crippen LogP contribution in [0, 0.1) is 12.8 Å². The molecule has 0 unspecified atom stereocenters. The van der Waals surface area contributed by atoms with Gasteiger partial charge in [0.25, 0.3) is 0 Å². The molecule has 8 nitrogen and oxygen atoms in total. The predicted octanol–water partition coefficient (Wildman–Crippen LogP) is 2.88. The number of carbonyl (C=O) groups is 1. The molecule has 1 N–H and O–H groups in total. The summed E-state index contributed by atoms with van der Waals surface area (Å²) in [5.74, 6) is 3.27.